The third kappa shape index (κ3) is 4.89. The summed E-state index contributed by atoms with van der Waals surface area (Å²) in [5, 5.41) is 11.5. The van der Waals surface area contributed by atoms with Gasteiger partial charge in [0, 0.05) is 12.7 Å². The minimum atomic E-state index is -1.18. The van der Waals surface area contributed by atoms with Gasteiger partial charge in [0.05, 0.1) is 18.8 Å². The smallest absolute Gasteiger partial charge is 0.338 e. The van der Waals surface area contributed by atoms with E-state index in [-0.39, 0.29) is 11.3 Å². The van der Waals surface area contributed by atoms with Crippen LogP contribution in [0.15, 0.2) is 31.0 Å². The predicted octanol–water partition coefficient (Wildman–Crippen LogP) is 1.10. The number of nitrogens with one attached hydrogen (secondary N) is 1. The van der Waals surface area contributed by atoms with E-state index >= 15 is 0 Å². The Kier molecular flexibility index (Phi) is 6.25. The molecule has 1 aromatic heterocycles. The molecule has 1 rings (SSSR count). The molecule has 0 saturated carbocycles. The molecular weight excluding hydrogens is 248 g/mol. The number of carboxylic acid groups (broad SMARTS) is 1. The molecule has 0 atom stereocenters. The van der Waals surface area contributed by atoms with Crippen LogP contribution in [-0.2, 0) is 4.74 Å². The number of carbonyl (C=O) groups is 2. The zero-order valence-electron chi connectivity index (χ0n) is 10.5. The number of carbonyl (C=O) groups excluding carboxylic acids is 1. The van der Waals surface area contributed by atoms with E-state index in [1.807, 2.05) is 0 Å². The van der Waals surface area contributed by atoms with Crippen LogP contribution >= 0.6 is 0 Å². The molecule has 0 bridgehead atoms. The van der Waals surface area contributed by atoms with Crippen LogP contribution in [0.1, 0.15) is 27.3 Å². The predicted molar refractivity (Wildman–Crippen MR) is 69.2 cm³/mol. The van der Waals surface area contributed by atoms with Crippen LogP contribution in [0.2, 0.25) is 0 Å². The average Bonchev–Trinajstić information content (AvgIpc) is 2.42. The summed E-state index contributed by atoms with van der Waals surface area (Å²) >= 11 is 0. The van der Waals surface area contributed by atoms with Gasteiger partial charge in [0.2, 0.25) is 0 Å². The van der Waals surface area contributed by atoms with E-state index in [2.05, 4.69) is 16.9 Å². The summed E-state index contributed by atoms with van der Waals surface area (Å²) in [6.45, 7) is 4.76. The Morgan fingerprint density at radius 2 is 2.26 bits per heavy atom. The zero-order chi connectivity index (χ0) is 14.1. The van der Waals surface area contributed by atoms with Gasteiger partial charge in [-0.25, -0.2) is 4.79 Å². The number of amides is 1. The maximum absolute atomic E-state index is 11.8. The van der Waals surface area contributed by atoms with E-state index < -0.39 is 11.9 Å². The first-order chi connectivity index (χ1) is 9.16. The quantitative estimate of drug-likeness (QED) is 0.542. The van der Waals surface area contributed by atoms with Crippen LogP contribution in [0.5, 0.6) is 0 Å². The third-order valence-electron chi connectivity index (χ3n) is 2.25. The fraction of sp³-hybridized carbons (Fsp3) is 0.308. The lowest BCUT2D eigenvalue weighted by atomic mass is 10.2. The molecule has 0 fully saturated rings. The van der Waals surface area contributed by atoms with Crippen molar-refractivity contribution in [1.82, 2.24) is 10.3 Å². The summed E-state index contributed by atoms with van der Waals surface area (Å²) in [5.74, 6) is -1.70. The standard InChI is InChI=1S/C13H16N2O4/c1-2-3-8-19-9-7-15-12(16)11-10(13(17)18)5-4-6-14-11/h2,4-6H,1,3,7-9H2,(H,15,16)(H,17,18). The van der Waals surface area contributed by atoms with Gasteiger partial charge in [0.15, 0.2) is 0 Å². The Bertz CT molecular complexity index is 460. The lowest BCUT2D eigenvalue weighted by Crippen LogP contribution is -2.29. The molecule has 6 heteroatoms. The van der Waals surface area contributed by atoms with Gasteiger partial charge >= 0.3 is 5.97 Å². The van der Waals surface area contributed by atoms with Gasteiger partial charge in [-0.2, -0.15) is 0 Å². The maximum Gasteiger partial charge on any atom is 0.338 e. The summed E-state index contributed by atoms with van der Waals surface area (Å²) in [5.41, 5.74) is -0.214. The molecule has 0 aromatic carbocycles. The van der Waals surface area contributed by atoms with Crippen LogP contribution < -0.4 is 5.32 Å². The van der Waals surface area contributed by atoms with E-state index in [0.717, 1.165) is 6.42 Å². The second kappa shape index (κ2) is 7.99. The second-order valence-corrected chi connectivity index (χ2v) is 3.65. The van der Waals surface area contributed by atoms with Crippen molar-refractivity contribution in [3.05, 3.63) is 42.2 Å². The number of hydrogen-bond donors (Lipinski definition) is 2. The molecule has 0 radical (unpaired) electrons. The molecule has 102 valence electrons. The third-order valence-corrected chi connectivity index (χ3v) is 2.25. The Hall–Kier alpha value is -2.21. The van der Waals surface area contributed by atoms with Crippen molar-refractivity contribution >= 4 is 11.9 Å². The summed E-state index contributed by atoms with van der Waals surface area (Å²) in [6, 6.07) is 2.81. The first kappa shape index (κ1) is 14.8. The number of rotatable bonds is 8. The van der Waals surface area contributed by atoms with Crippen LogP contribution in [-0.4, -0.2) is 41.7 Å². The highest BCUT2D eigenvalue weighted by Crippen LogP contribution is 2.04. The Labute approximate surface area is 111 Å². The SMILES string of the molecule is C=CCCOCCNC(=O)c1ncccc1C(=O)O. The highest BCUT2D eigenvalue weighted by atomic mass is 16.5. The first-order valence-corrected chi connectivity index (χ1v) is 5.82. The molecule has 0 unspecified atom stereocenters. The summed E-state index contributed by atoms with van der Waals surface area (Å²) in [7, 11) is 0. The topological polar surface area (TPSA) is 88.5 Å². The van der Waals surface area contributed by atoms with Crippen molar-refractivity contribution in [2.24, 2.45) is 0 Å². The van der Waals surface area contributed by atoms with Crippen LogP contribution in [0.4, 0.5) is 0 Å². The van der Waals surface area contributed by atoms with Gasteiger partial charge in [-0.1, -0.05) is 6.08 Å². The summed E-state index contributed by atoms with van der Waals surface area (Å²) in [6.07, 6.45) is 3.87. The fourth-order valence-electron chi connectivity index (χ4n) is 1.35. The van der Waals surface area contributed by atoms with Crippen molar-refractivity contribution in [1.29, 1.82) is 0 Å². The van der Waals surface area contributed by atoms with Crippen molar-refractivity contribution < 1.29 is 19.4 Å². The van der Waals surface area contributed by atoms with Gasteiger partial charge in [-0.05, 0) is 18.6 Å². The monoisotopic (exact) mass is 264 g/mol. The number of hydrogen-bond acceptors (Lipinski definition) is 4. The van der Waals surface area contributed by atoms with Crippen LogP contribution in [0, 0.1) is 0 Å². The van der Waals surface area contributed by atoms with E-state index in [1.165, 1.54) is 18.3 Å². The number of ether oxygens (including phenoxy) is 1. The highest BCUT2D eigenvalue weighted by molar-refractivity contribution is 6.03. The summed E-state index contributed by atoms with van der Waals surface area (Å²) < 4.78 is 5.22. The number of nitrogens with zero attached hydrogens (tertiary/aromatic N) is 1. The van der Waals surface area contributed by atoms with Crippen molar-refractivity contribution in [2.75, 3.05) is 19.8 Å². The fourth-order valence-corrected chi connectivity index (χ4v) is 1.35. The number of aromatic nitrogens is 1. The molecule has 0 aliphatic carbocycles. The lowest BCUT2D eigenvalue weighted by molar-refractivity contribution is 0.0689. The highest BCUT2D eigenvalue weighted by Gasteiger charge is 2.16. The van der Waals surface area contributed by atoms with E-state index in [9.17, 15) is 9.59 Å². The van der Waals surface area contributed by atoms with Gasteiger partial charge in [-0.15, -0.1) is 6.58 Å². The molecule has 1 amide bonds. The summed E-state index contributed by atoms with van der Waals surface area (Å²) in [4.78, 5) is 26.5. The zero-order valence-corrected chi connectivity index (χ0v) is 10.5. The molecule has 19 heavy (non-hydrogen) atoms. The second-order valence-electron chi connectivity index (χ2n) is 3.65. The molecule has 2 N–H and O–H groups in total. The minimum Gasteiger partial charge on any atom is -0.478 e. The molecule has 0 aliphatic heterocycles. The molecule has 0 aliphatic rings. The van der Waals surface area contributed by atoms with Crippen molar-refractivity contribution in [3.8, 4) is 0 Å². The van der Waals surface area contributed by atoms with Crippen LogP contribution in [0.25, 0.3) is 0 Å². The number of aromatic carboxylic acids is 1. The molecule has 0 saturated heterocycles. The number of carboxylic acids is 1. The number of pyridine rings is 1. The van der Waals surface area contributed by atoms with Crippen LogP contribution in [0.3, 0.4) is 0 Å². The van der Waals surface area contributed by atoms with E-state index in [0.29, 0.717) is 19.8 Å². The largest absolute Gasteiger partial charge is 0.478 e. The van der Waals surface area contributed by atoms with Gasteiger partial charge in [-0.3, -0.25) is 9.78 Å². The first-order valence-electron chi connectivity index (χ1n) is 5.82. The van der Waals surface area contributed by atoms with Gasteiger partial charge < -0.3 is 15.2 Å². The molecule has 1 heterocycles. The Morgan fingerprint density at radius 1 is 1.47 bits per heavy atom. The average molecular weight is 264 g/mol. The van der Waals surface area contributed by atoms with Gasteiger partial charge in [0.25, 0.3) is 5.91 Å². The maximum atomic E-state index is 11.8. The Balaban J connectivity index is 2.45. The molecule has 1 aromatic rings. The van der Waals surface area contributed by atoms with Crippen molar-refractivity contribution in [2.45, 2.75) is 6.42 Å². The van der Waals surface area contributed by atoms with Crippen molar-refractivity contribution in [3.63, 3.8) is 0 Å². The molecule has 0 spiro atoms. The Morgan fingerprint density at radius 3 is 2.95 bits per heavy atom. The van der Waals surface area contributed by atoms with Gasteiger partial charge in [0.1, 0.15) is 5.69 Å². The molecule has 6 nitrogen and oxygen atoms in total. The minimum absolute atomic E-state index is 0.0962. The van der Waals surface area contributed by atoms with E-state index in [4.69, 9.17) is 9.84 Å². The lowest BCUT2D eigenvalue weighted by Gasteiger charge is -2.07. The normalized spacial score (nSPS) is 9.89. The molecular formula is C13H16N2O4. The van der Waals surface area contributed by atoms with E-state index in [1.54, 1.807) is 6.08 Å².